The number of anilines is 1. The van der Waals surface area contributed by atoms with E-state index < -0.39 is 0 Å². The van der Waals surface area contributed by atoms with Crippen molar-refractivity contribution in [3.05, 3.63) is 28.7 Å². The van der Waals surface area contributed by atoms with Gasteiger partial charge >= 0.3 is 0 Å². The summed E-state index contributed by atoms with van der Waals surface area (Å²) in [5.41, 5.74) is 6.80. The average Bonchev–Trinajstić information content (AvgIpc) is 2.57. The van der Waals surface area contributed by atoms with E-state index in [1.54, 1.807) is 7.11 Å². The van der Waals surface area contributed by atoms with E-state index in [4.69, 9.17) is 10.5 Å². The summed E-state index contributed by atoms with van der Waals surface area (Å²) in [6.07, 6.45) is 0. The quantitative estimate of drug-likeness (QED) is 0.928. The second kappa shape index (κ2) is 4.66. The van der Waals surface area contributed by atoms with Crippen LogP contribution >= 0.6 is 15.9 Å². The monoisotopic (exact) mass is 297 g/mol. The fourth-order valence-corrected chi connectivity index (χ4v) is 2.39. The van der Waals surface area contributed by atoms with E-state index in [1.165, 1.54) is 0 Å². The van der Waals surface area contributed by atoms with Gasteiger partial charge in [-0.15, -0.1) is 0 Å². The number of guanidine groups is 1. The van der Waals surface area contributed by atoms with Crippen LogP contribution in [0.2, 0.25) is 0 Å². The molecular formula is C12H16BrN3O. The third-order valence-corrected chi connectivity index (χ3v) is 3.42. The number of aliphatic imine (C=N–C) groups is 1. The summed E-state index contributed by atoms with van der Waals surface area (Å²) in [7, 11) is 1.69. The first-order valence-corrected chi connectivity index (χ1v) is 6.21. The highest BCUT2D eigenvalue weighted by Gasteiger charge is 2.39. The van der Waals surface area contributed by atoms with Crippen LogP contribution in [0.5, 0.6) is 0 Å². The van der Waals surface area contributed by atoms with E-state index in [0.717, 1.165) is 10.2 Å². The second-order valence-electron chi connectivity index (χ2n) is 4.42. The van der Waals surface area contributed by atoms with Crippen molar-refractivity contribution in [3.63, 3.8) is 0 Å². The highest BCUT2D eigenvalue weighted by atomic mass is 79.9. The van der Waals surface area contributed by atoms with E-state index in [1.807, 2.05) is 29.2 Å². The van der Waals surface area contributed by atoms with Gasteiger partial charge in [0.2, 0.25) is 0 Å². The van der Waals surface area contributed by atoms with Gasteiger partial charge in [-0.1, -0.05) is 15.9 Å². The fraction of sp³-hybridized carbons (Fsp3) is 0.417. The summed E-state index contributed by atoms with van der Waals surface area (Å²) in [6, 6.07) is 8.03. The zero-order valence-corrected chi connectivity index (χ0v) is 11.6. The van der Waals surface area contributed by atoms with Crippen LogP contribution in [0, 0.1) is 0 Å². The molecule has 1 aliphatic heterocycles. The zero-order chi connectivity index (χ0) is 12.5. The Balaban J connectivity index is 2.33. The molecule has 17 heavy (non-hydrogen) atoms. The molecule has 5 heteroatoms. The third kappa shape index (κ3) is 2.30. The summed E-state index contributed by atoms with van der Waals surface area (Å²) in [5.74, 6) is 0.548. The van der Waals surface area contributed by atoms with E-state index in [9.17, 15) is 0 Å². The number of nitrogens with zero attached hydrogens (tertiary/aromatic N) is 2. The first kappa shape index (κ1) is 12.4. The molecule has 0 aromatic heterocycles. The van der Waals surface area contributed by atoms with Gasteiger partial charge in [-0.25, -0.2) is 0 Å². The van der Waals surface area contributed by atoms with Crippen LogP contribution in [-0.2, 0) is 4.74 Å². The lowest BCUT2D eigenvalue weighted by Gasteiger charge is -2.35. The number of hydrogen-bond acceptors (Lipinski definition) is 4. The third-order valence-electron chi connectivity index (χ3n) is 2.89. The van der Waals surface area contributed by atoms with Crippen molar-refractivity contribution in [2.75, 3.05) is 25.2 Å². The molecule has 0 aliphatic carbocycles. The molecular weight excluding hydrogens is 282 g/mol. The SMILES string of the molecule is COCC1(C)CN=C(N)N1c1ccc(Br)cc1. The van der Waals surface area contributed by atoms with Crippen LogP contribution in [0.25, 0.3) is 0 Å². The molecule has 1 aromatic carbocycles. The number of methoxy groups -OCH3 is 1. The van der Waals surface area contributed by atoms with E-state index >= 15 is 0 Å². The molecule has 0 saturated heterocycles. The molecule has 2 rings (SSSR count). The molecule has 1 unspecified atom stereocenters. The van der Waals surface area contributed by atoms with E-state index in [2.05, 4.69) is 27.8 Å². The predicted octanol–water partition coefficient (Wildman–Crippen LogP) is 1.99. The van der Waals surface area contributed by atoms with Crippen LogP contribution in [0.3, 0.4) is 0 Å². The van der Waals surface area contributed by atoms with Crippen molar-refractivity contribution >= 4 is 27.6 Å². The maximum absolute atomic E-state index is 5.96. The minimum atomic E-state index is -0.202. The number of halogens is 1. The molecule has 0 saturated carbocycles. The first-order valence-electron chi connectivity index (χ1n) is 5.41. The topological polar surface area (TPSA) is 50.9 Å². The van der Waals surface area contributed by atoms with Gasteiger partial charge in [-0.2, -0.15) is 0 Å². The Hall–Kier alpha value is -1.07. The predicted molar refractivity (Wildman–Crippen MR) is 73.4 cm³/mol. The van der Waals surface area contributed by atoms with Crippen molar-refractivity contribution in [3.8, 4) is 0 Å². The Morgan fingerprint density at radius 1 is 1.47 bits per heavy atom. The maximum atomic E-state index is 5.96. The average molecular weight is 298 g/mol. The maximum Gasteiger partial charge on any atom is 0.196 e. The lowest BCUT2D eigenvalue weighted by atomic mass is 10.0. The smallest absolute Gasteiger partial charge is 0.196 e. The van der Waals surface area contributed by atoms with Gasteiger partial charge in [-0.05, 0) is 31.2 Å². The minimum absolute atomic E-state index is 0.202. The second-order valence-corrected chi connectivity index (χ2v) is 5.33. The molecule has 1 aromatic rings. The van der Waals surface area contributed by atoms with E-state index in [0.29, 0.717) is 19.1 Å². The van der Waals surface area contributed by atoms with Crippen LogP contribution in [0.1, 0.15) is 6.92 Å². The molecule has 0 spiro atoms. The highest BCUT2D eigenvalue weighted by molar-refractivity contribution is 9.10. The molecule has 0 fully saturated rings. The van der Waals surface area contributed by atoms with Crippen molar-refractivity contribution in [1.82, 2.24) is 0 Å². The van der Waals surface area contributed by atoms with Crippen molar-refractivity contribution < 1.29 is 4.74 Å². The lowest BCUT2D eigenvalue weighted by Crippen LogP contribution is -2.52. The molecule has 2 N–H and O–H groups in total. The van der Waals surface area contributed by atoms with Gasteiger partial charge in [0.15, 0.2) is 5.96 Å². The van der Waals surface area contributed by atoms with E-state index in [-0.39, 0.29) is 5.54 Å². The summed E-state index contributed by atoms with van der Waals surface area (Å²) in [4.78, 5) is 6.35. The Labute approximate surface area is 110 Å². The van der Waals surface area contributed by atoms with Gasteiger partial charge in [0, 0.05) is 17.3 Å². The van der Waals surface area contributed by atoms with Crippen LogP contribution in [0.4, 0.5) is 5.69 Å². The highest BCUT2D eigenvalue weighted by Crippen LogP contribution is 2.29. The molecule has 1 aliphatic rings. The molecule has 0 radical (unpaired) electrons. The number of rotatable bonds is 3. The number of benzene rings is 1. The normalized spacial score (nSPS) is 23.9. The number of nitrogens with two attached hydrogens (primary N) is 1. The van der Waals surface area contributed by atoms with Gasteiger partial charge in [0.05, 0.1) is 18.7 Å². The van der Waals surface area contributed by atoms with Crippen LogP contribution in [-0.4, -0.2) is 31.8 Å². The zero-order valence-electron chi connectivity index (χ0n) is 9.98. The molecule has 0 amide bonds. The first-order chi connectivity index (χ1) is 8.07. The Morgan fingerprint density at radius 2 is 2.12 bits per heavy atom. The number of ether oxygens (including phenoxy) is 1. The van der Waals surface area contributed by atoms with Crippen LogP contribution in [0.15, 0.2) is 33.7 Å². The molecule has 4 nitrogen and oxygen atoms in total. The molecule has 1 atom stereocenters. The Morgan fingerprint density at radius 3 is 2.71 bits per heavy atom. The largest absolute Gasteiger partial charge is 0.382 e. The Kier molecular flexibility index (Phi) is 3.40. The van der Waals surface area contributed by atoms with Gasteiger partial charge in [-0.3, -0.25) is 4.99 Å². The summed E-state index contributed by atoms with van der Waals surface area (Å²) >= 11 is 3.42. The van der Waals surface area contributed by atoms with Gasteiger partial charge in [0.1, 0.15) is 0 Å². The van der Waals surface area contributed by atoms with Crippen molar-refractivity contribution in [1.29, 1.82) is 0 Å². The van der Waals surface area contributed by atoms with Crippen molar-refractivity contribution in [2.24, 2.45) is 10.7 Å². The minimum Gasteiger partial charge on any atom is -0.382 e. The Bertz CT molecular complexity index is 432. The fourth-order valence-electron chi connectivity index (χ4n) is 2.12. The van der Waals surface area contributed by atoms with Crippen LogP contribution < -0.4 is 10.6 Å². The molecule has 92 valence electrons. The standard InChI is InChI=1S/C12H16BrN3O/c1-12(8-17-2)7-15-11(14)16(12)10-5-3-9(13)4-6-10/h3-6H,7-8H2,1-2H3,(H2,14,15). The summed E-state index contributed by atoms with van der Waals surface area (Å²) in [6.45, 7) is 3.35. The number of hydrogen-bond donors (Lipinski definition) is 1. The summed E-state index contributed by atoms with van der Waals surface area (Å²) < 4.78 is 6.32. The van der Waals surface area contributed by atoms with Gasteiger partial charge < -0.3 is 15.4 Å². The van der Waals surface area contributed by atoms with Gasteiger partial charge in [0.25, 0.3) is 0 Å². The van der Waals surface area contributed by atoms with Crippen molar-refractivity contribution in [2.45, 2.75) is 12.5 Å². The lowest BCUT2D eigenvalue weighted by molar-refractivity contribution is 0.149. The molecule has 1 heterocycles. The summed E-state index contributed by atoms with van der Waals surface area (Å²) in [5, 5.41) is 0. The molecule has 0 bridgehead atoms.